The van der Waals surface area contributed by atoms with Gasteiger partial charge in [-0.3, -0.25) is 0 Å². The van der Waals surface area contributed by atoms with Crippen LogP contribution in [-0.4, -0.2) is 41.8 Å². The van der Waals surface area contributed by atoms with E-state index < -0.39 is 25.0 Å². The lowest BCUT2D eigenvalue weighted by Gasteiger charge is -2.30. The minimum absolute atomic E-state index is 0.111. The smallest absolute Gasteiger partial charge is 0.351 e. The fourth-order valence-electron chi connectivity index (χ4n) is 1.42. The van der Waals surface area contributed by atoms with Crippen molar-refractivity contribution in [3.8, 4) is 0 Å². The van der Waals surface area contributed by atoms with E-state index in [0.717, 1.165) is 0 Å². The predicted molar refractivity (Wildman–Crippen MR) is 33.2 cm³/mol. The van der Waals surface area contributed by atoms with Crippen LogP contribution in [0.3, 0.4) is 0 Å². The molecule has 2 heterocycles. The molecule has 2 aliphatic rings. The molecule has 2 rings (SSSR count). The van der Waals surface area contributed by atoms with Crippen LogP contribution in [-0.2, 0) is 14.0 Å². The standard InChI is InChI=1S/C5H8BO6/c1-4-5(8,3(7)2-10-4)12-6(9)11-4/h3,7-8H,2H2,1H3/q-1/t3-,4+,5+/m0/s1. The molecule has 2 N–H and O–H groups in total. The van der Waals surface area contributed by atoms with Crippen molar-refractivity contribution >= 4 is 7.32 Å². The molecule has 0 aromatic rings. The van der Waals surface area contributed by atoms with Gasteiger partial charge in [-0.1, -0.05) is 0 Å². The van der Waals surface area contributed by atoms with E-state index in [2.05, 4.69) is 9.31 Å². The molecule has 0 aromatic heterocycles. The molecule has 12 heavy (non-hydrogen) atoms. The molecule has 0 aliphatic carbocycles. The molecule has 0 saturated carbocycles. The van der Waals surface area contributed by atoms with Crippen LogP contribution in [0.4, 0.5) is 0 Å². The van der Waals surface area contributed by atoms with E-state index in [4.69, 9.17) is 4.74 Å². The highest BCUT2D eigenvalue weighted by atomic mass is 16.9. The van der Waals surface area contributed by atoms with Crippen LogP contribution < -0.4 is 5.02 Å². The Labute approximate surface area is 68.8 Å². The Morgan fingerprint density at radius 1 is 1.58 bits per heavy atom. The van der Waals surface area contributed by atoms with Gasteiger partial charge in [-0.05, 0) is 6.92 Å². The molecule has 0 aromatic carbocycles. The average molecular weight is 175 g/mol. The quantitative estimate of drug-likeness (QED) is 0.385. The highest BCUT2D eigenvalue weighted by Crippen LogP contribution is 2.42. The summed E-state index contributed by atoms with van der Waals surface area (Å²) in [5, 5.41) is 29.5. The summed E-state index contributed by atoms with van der Waals surface area (Å²) in [4.78, 5) is 0. The summed E-state index contributed by atoms with van der Waals surface area (Å²) >= 11 is 0. The highest BCUT2D eigenvalue weighted by molar-refractivity contribution is 6.33. The molecule has 0 spiro atoms. The van der Waals surface area contributed by atoms with Crippen molar-refractivity contribution in [2.45, 2.75) is 24.6 Å². The van der Waals surface area contributed by atoms with E-state index in [0.29, 0.717) is 0 Å². The van der Waals surface area contributed by atoms with E-state index in [1.165, 1.54) is 6.92 Å². The van der Waals surface area contributed by atoms with Gasteiger partial charge in [-0.25, -0.2) is 0 Å². The van der Waals surface area contributed by atoms with Crippen molar-refractivity contribution < 1.29 is 29.3 Å². The van der Waals surface area contributed by atoms with Gasteiger partial charge in [0, 0.05) is 0 Å². The number of fused-ring (bicyclic) bond motifs is 1. The van der Waals surface area contributed by atoms with Crippen molar-refractivity contribution in [3.63, 3.8) is 0 Å². The highest BCUT2D eigenvalue weighted by Gasteiger charge is 2.65. The lowest BCUT2D eigenvalue weighted by molar-refractivity contribution is -0.273. The van der Waals surface area contributed by atoms with Crippen LogP contribution in [0.2, 0.25) is 0 Å². The molecule has 0 unspecified atom stereocenters. The van der Waals surface area contributed by atoms with Crippen LogP contribution >= 0.6 is 0 Å². The van der Waals surface area contributed by atoms with Crippen LogP contribution in [0.25, 0.3) is 0 Å². The molecule has 7 heteroatoms. The number of aliphatic hydroxyl groups is 2. The van der Waals surface area contributed by atoms with Crippen LogP contribution in [0.1, 0.15) is 6.92 Å². The zero-order valence-corrected chi connectivity index (χ0v) is 6.39. The largest absolute Gasteiger partial charge is 0.832 e. The third-order valence-corrected chi connectivity index (χ3v) is 2.22. The average Bonchev–Trinajstić information content (AvgIpc) is 2.28. The zero-order valence-electron chi connectivity index (χ0n) is 6.39. The van der Waals surface area contributed by atoms with Gasteiger partial charge in [0.2, 0.25) is 11.6 Å². The summed E-state index contributed by atoms with van der Waals surface area (Å²) in [7, 11) is -1.81. The first kappa shape index (κ1) is 8.42. The van der Waals surface area contributed by atoms with Crippen LogP contribution in [0, 0.1) is 0 Å². The fraction of sp³-hybridized carbons (Fsp3) is 1.00. The summed E-state index contributed by atoms with van der Waals surface area (Å²) in [6, 6.07) is 0. The van der Waals surface area contributed by atoms with Gasteiger partial charge >= 0.3 is 7.32 Å². The maximum Gasteiger partial charge on any atom is 0.351 e. The SMILES string of the molecule is C[C@]12OC[C@H](O)[C@@]1(O)OB([O-])O2. The first-order valence-electron chi connectivity index (χ1n) is 3.54. The molecule has 2 aliphatic heterocycles. The lowest BCUT2D eigenvalue weighted by Crippen LogP contribution is -2.52. The second-order valence-electron chi connectivity index (χ2n) is 2.99. The molecule has 6 nitrogen and oxygen atoms in total. The summed E-state index contributed by atoms with van der Waals surface area (Å²) < 4.78 is 14.0. The molecule has 0 bridgehead atoms. The molecular formula is C5H8BO6-. The monoisotopic (exact) mass is 175 g/mol. The summed E-state index contributed by atoms with van der Waals surface area (Å²) in [6.07, 6.45) is -1.25. The predicted octanol–water partition coefficient (Wildman–Crippen LogP) is -2.83. The van der Waals surface area contributed by atoms with Gasteiger partial charge in [-0.15, -0.1) is 0 Å². The second-order valence-corrected chi connectivity index (χ2v) is 2.99. The third kappa shape index (κ3) is 0.805. The Morgan fingerprint density at radius 2 is 2.25 bits per heavy atom. The first-order valence-corrected chi connectivity index (χ1v) is 3.54. The van der Waals surface area contributed by atoms with Gasteiger partial charge in [0.05, 0.1) is 6.61 Å². The van der Waals surface area contributed by atoms with Crippen molar-refractivity contribution in [1.82, 2.24) is 0 Å². The van der Waals surface area contributed by atoms with Crippen LogP contribution in [0.5, 0.6) is 0 Å². The molecular weight excluding hydrogens is 167 g/mol. The van der Waals surface area contributed by atoms with Gasteiger partial charge in [0.1, 0.15) is 6.10 Å². The number of hydrogen-bond donors (Lipinski definition) is 2. The van der Waals surface area contributed by atoms with E-state index in [1.54, 1.807) is 0 Å². The Hall–Kier alpha value is -0.175. The Kier molecular flexibility index (Phi) is 1.54. The normalized spacial score (nSPS) is 53.0. The summed E-state index contributed by atoms with van der Waals surface area (Å²) in [6.45, 7) is 1.24. The second kappa shape index (κ2) is 2.19. The summed E-state index contributed by atoms with van der Waals surface area (Å²) in [5.74, 6) is -3.57. The fourth-order valence-corrected chi connectivity index (χ4v) is 1.42. The van der Waals surface area contributed by atoms with Gasteiger partial charge < -0.3 is 29.3 Å². The molecule has 2 fully saturated rings. The molecule has 2 saturated heterocycles. The maximum absolute atomic E-state index is 10.7. The van der Waals surface area contributed by atoms with Crippen molar-refractivity contribution in [2.24, 2.45) is 0 Å². The third-order valence-electron chi connectivity index (χ3n) is 2.22. The van der Waals surface area contributed by atoms with Crippen molar-refractivity contribution in [2.75, 3.05) is 6.61 Å². The van der Waals surface area contributed by atoms with Crippen molar-refractivity contribution in [3.05, 3.63) is 0 Å². The molecule has 68 valence electrons. The topological polar surface area (TPSA) is 91.2 Å². The van der Waals surface area contributed by atoms with Gasteiger partial charge in [0.25, 0.3) is 0 Å². The maximum atomic E-state index is 10.7. The molecule has 0 radical (unpaired) electrons. The zero-order chi connectivity index (χ0) is 8.98. The Balaban J connectivity index is 2.32. The first-order chi connectivity index (χ1) is 5.48. The van der Waals surface area contributed by atoms with Crippen molar-refractivity contribution in [1.29, 1.82) is 0 Å². The number of ether oxygens (including phenoxy) is 1. The van der Waals surface area contributed by atoms with E-state index in [9.17, 15) is 15.2 Å². The van der Waals surface area contributed by atoms with E-state index in [1.807, 2.05) is 0 Å². The van der Waals surface area contributed by atoms with E-state index >= 15 is 0 Å². The minimum Gasteiger partial charge on any atom is -0.832 e. The minimum atomic E-state index is -2.03. The number of rotatable bonds is 0. The molecule has 3 atom stereocenters. The van der Waals surface area contributed by atoms with Crippen LogP contribution in [0.15, 0.2) is 0 Å². The summed E-state index contributed by atoms with van der Waals surface area (Å²) in [5.41, 5.74) is 0. The molecule has 0 amide bonds. The number of aliphatic hydroxyl groups excluding tert-OH is 1. The van der Waals surface area contributed by atoms with E-state index in [-0.39, 0.29) is 6.61 Å². The van der Waals surface area contributed by atoms with Gasteiger partial charge in [-0.2, -0.15) is 0 Å². The Bertz CT molecular complexity index is 212. The van der Waals surface area contributed by atoms with Gasteiger partial charge in [0.15, 0.2) is 0 Å². The lowest BCUT2D eigenvalue weighted by atomic mass is 10.1. The number of hydrogen-bond acceptors (Lipinski definition) is 6. The Morgan fingerprint density at radius 3 is 2.83 bits per heavy atom.